The van der Waals surface area contributed by atoms with E-state index in [0.29, 0.717) is 28.1 Å². The summed E-state index contributed by atoms with van der Waals surface area (Å²) < 4.78 is 0. The van der Waals surface area contributed by atoms with Gasteiger partial charge >= 0.3 is 0 Å². The molecule has 3 heteroatoms. The lowest BCUT2D eigenvalue weighted by Crippen LogP contribution is -2.54. The minimum Gasteiger partial charge on any atom is -0.400 e. The summed E-state index contributed by atoms with van der Waals surface area (Å²) in [6.07, 6.45) is 33.5. The molecule has 54 heavy (non-hydrogen) atoms. The van der Waals surface area contributed by atoms with Gasteiger partial charge in [0.2, 0.25) is 0 Å². The van der Waals surface area contributed by atoms with Gasteiger partial charge in [0.15, 0.2) is 0 Å². The van der Waals surface area contributed by atoms with Gasteiger partial charge in [0, 0.05) is 13.7 Å². The lowest BCUT2D eigenvalue weighted by Gasteiger charge is -2.62. The van der Waals surface area contributed by atoms with E-state index in [9.17, 15) is 10.2 Å². The molecule has 318 valence electrons. The fraction of sp³-hybridized carbons (Fsp3) is 0.922. The molecule has 0 bridgehead atoms. The molecule has 4 fully saturated rings. The Balaban J connectivity index is 0.00000198. The number of terminal acetylenes is 1. The summed E-state index contributed by atoms with van der Waals surface area (Å²) in [5.74, 6) is 8.28. The maximum absolute atomic E-state index is 11.2. The average molecular weight is 757 g/mol. The van der Waals surface area contributed by atoms with E-state index in [0.717, 1.165) is 73.7 Å². The van der Waals surface area contributed by atoms with Crippen molar-refractivity contribution in [2.45, 2.75) is 205 Å². The van der Waals surface area contributed by atoms with Gasteiger partial charge in [-0.25, -0.2) is 0 Å². The Labute approximate surface area is 339 Å². The fourth-order valence-corrected chi connectivity index (χ4v) is 13.7. The van der Waals surface area contributed by atoms with Gasteiger partial charge in [0.25, 0.3) is 0 Å². The van der Waals surface area contributed by atoms with Crippen LogP contribution in [0.15, 0.2) is 11.6 Å². The third-order valence-electron chi connectivity index (χ3n) is 16.8. The van der Waals surface area contributed by atoms with Crippen LogP contribution in [-0.4, -0.2) is 34.6 Å². The lowest BCUT2D eigenvalue weighted by molar-refractivity contribution is -0.0853. The normalized spacial score (nSPS) is 36.9. The van der Waals surface area contributed by atoms with Crippen molar-refractivity contribution < 1.29 is 15.3 Å². The molecule has 0 amide bonds. The van der Waals surface area contributed by atoms with Crippen molar-refractivity contribution in [3.05, 3.63) is 11.6 Å². The maximum Gasteiger partial charge on any atom is 0.0619 e. The summed E-state index contributed by atoms with van der Waals surface area (Å²) in [5.41, 5.74) is 2.55. The minimum absolute atomic E-state index is 0. The molecule has 3 N–H and O–H groups in total. The summed E-state index contributed by atoms with van der Waals surface area (Å²) in [5, 5.41) is 28.3. The van der Waals surface area contributed by atoms with Crippen LogP contribution in [-0.2, 0) is 0 Å². The molecule has 5 aliphatic carbocycles. The molecule has 0 aromatic carbocycles. The molecule has 0 aromatic heterocycles. The summed E-state index contributed by atoms with van der Waals surface area (Å²) >= 11 is 0. The SMILES string of the molecule is C.C#C.CC.CCC(C)CC(CO)C[C@H](CCCC1CCC2C3CC=C4C(CCC(CC5CC(C)CC(C)C5)C4(C)C)C3(C)CCC12C)C(C)(C)O.CO. The number of hydrogen-bond acceptors (Lipinski definition) is 3. The Kier molecular flexibility index (Phi) is 21.2. The molecule has 0 aliphatic heterocycles. The van der Waals surface area contributed by atoms with Gasteiger partial charge < -0.3 is 15.3 Å². The molecular weight excluding hydrogens is 661 g/mol. The highest BCUT2D eigenvalue weighted by atomic mass is 16.3. The first-order valence-electron chi connectivity index (χ1n) is 22.8. The van der Waals surface area contributed by atoms with Crippen molar-refractivity contribution in [1.29, 1.82) is 0 Å². The molecule has 5 aliphatic rings. The van der Waals surface area contributed by atoms with Gasteiger partial charge in [0.05, 0.1) is 5.60 Å². The van der Waals surface area contributed by atoms with E-state index in [1.165, 1.54) is 89.9 Å². The molecule has 12 atom stereocenters. The van der Waals surface area contributed by atoms with Crippen LogP contribution in [0.4, 0.5) is 0 Å². The second-order valence-corrected chi connectivity index (χ2v) is 20.8. The van der Waals surface area contributed by atoms with E-state index in [1.807, 2.05) is 33.3 Å². The third kappa shape index (κ3) is 11.6. The second kappa shape index (κ2) is 22.4. The van der Waals surface area contributed by atoms with Crippen LogP contribution < -0.4 is 0 Å². The number of allylic oxidation sites excluding steroid dienone is 2. The van der Waals surface area contributed by atoms with Crippen LogP contribution >= 0.6 is 0 Å². The highest BCUT2D eigenvalue weighted by Crippen LogP contribution is 2.70. The number of rotatable bonds is 13. The highest BCUT2D eigenvalue weighted by Gasteiger charge is 2.61. The van der Waals surface area contributed by atoms with E-state index < -0.39 is 5.60 Å². The predicted octanol–water partition coefficient (Wildman–Crippen LogP) is 13.8. The van der Waals surface area contributed by atoms with Crippen LogP contribution in [0, 0.1) is 94.2 Å². The van der Waals surface area contributed by atoms with Gasteiger partial charge in [-0.2, -0.15) is 0 Å². The molecule has 0 spiro atoms. The van der Waals surface area contributed by atoms with Crippen LogP contribution in [0.2, 0.25) is 0 Å². The van der Waals surface area contributed by atoms with E-state index in [4.69, 9.17) is 5.11 Å². The molecule has 0 radical (unpaired) electrons. The van der Waals surface area contributed by atoms with Gasteiger partial charge in [-0.05, 0) is 192 Å². The van der Waals surface area contributed by atoms with Crippen molar-refractivity contribution in [2.24, 2.45) is 81.3 Å². The summed E-state index contributed by atoms with van der Waals surface area (Å²) in [6, 6.07) is 0. The molecular formula is C51H96O3. The molecule has 3 nitrogen and oxygen atoms in total. The Morgan fingerprint density at radius 3 is 1.98 bits per heavy atom. The standard InChI is InChI=1S/C45H80O2.C2H6.C2H2.CH4O.CH4/c1-11-30(2)24-34(29-46)28-37(43(7,8)47)14-12-13-35-15-17-40-41-20-19-38-39(45(41,10)22-21-44(35,40)9)18-16-36(42(38,5)6)27-33-25-31(3)23-32(4)26-33;3*1-2;/h19,30-37,39-41,46-47H,11-18,20-29H2,1-10H3;1-2H3;1-2H;2H,1H3;1H4/t30?,31?,32?,33?,34?,35?,36?,37-,39?,40?,41?,44?,45?;;;;/m0..../s1. The molecule has 0 saturated heterocycles. The lowest BCUT2D eigenvalue weighted by atomic mass is 9.42. The highest BCUT2D eigenvalue weighted by molar-refractivity contribution is 5.28. The average Bonchev–Trinajstić information content (AvgIpc) is 3.45. The van der Waals surface area contributed by atoms with Crippen molar-refractivity contribution in [3.63, 3.8) is 0 Å². The third-order valence-corrected chi connectivity index (χ3v) is 16.8. The van der Waals surface area contributed by atoms with Gasteiger partial charge in [-0.1, -0.05) is 101 Å². The molecule has 0 aromatic rings. The Morgan fingerprint density at radius 2 is 1.43 bits per heavy atom. The van der Waals surface area contributed by atoms with E-state index in [2.05, 4.69) is 74.3 Å². The van der Waals surface area contributed by atoms with E-state index in [-0.39, 0.29) is 20.0 Å². The topological polar surface area (TPSA) is 60.7 Å². The second-order valence-electron chi connectivity index (χ2n) is 20.8. The van der Waals surface area contributed by atoms with Crippen LogP contribution in [0.25, 0.3) is 0 Å². The van der Waals surface area contributed by atoms with Crippen LogP contribution in [0.1, 0.15) is 200 Å². The zero-order valence-electron chi connectivity index (χ0n) is 37.7. The maximum atomic E-state index is 11.2. The van der Waals surface area contributed by atoms with Crippen LogP contribution in [0.3, 0.4) is 0 Å². The first kappa shape index (κ1) is 51.2. The van der Waals surface area contributed by atoms with Crippen molar-refractivity contribution in [3.8, 4) is 12.8 Å². The van der Waals surface area contributed by atoms with E-state index in [1.54, 1.807) is 0 Å². The number of aliphatic hydroxyl groups is 3. The summed E-state index contributed by atoms with van der Waals surface area (Å²) in [6.45, 7) is 28.6. The van der Waals surface area contributed by atoms with Crippen molar-refractivity contribution in [1.82, 2.24) is 0 Å². The zero-order valence-corrected chi connectivity index (χ0v) is 37.7. The van der Waals surface area contributed by atoms with Gasteiger partial charge in [-0.3, -0.25) is 0 Å². The molecule has 5 rings (SSSR count). The zero-order chi connectivity index (χ0) is 40.4. The summed E-state index contributed by atoms with van der Waals surface area (Å²) in [4.78, 5) is 0. The smallest absolute Gasteiger partial charge is 0.0619 e. The van der Waals surface area contributed by atoms with Crippen LogP contribution in [0.5, 0.6) is 0 Å². The minimum atomic E-state index is -0.677. The van der Waals surface area contributed by atoms with Crippen molar-refractivity contribution >= 4 is 0 Å². The van der Waals surface area contributed by atoms with E-state index >= 15 is 0 Å². The monoisotopic (exact) mass is 757 g/mol. The van der Waals surface area contributed by atoms with Gasteiger partial charge in [-0.15, -0.1) is 12.8 Å². The number of hydrogen-bond donors (Lipinski definition) is 3. The Hall–Kier alpha value is -0.820. The number of aliphatic hydroxyl groups excluding tert-OH is 2. The molecule has 4 saturated carbocycles. The Morgan fingerprint density at radius 1 is 0.852 bits per heavy atom. The fourth-order valence-electron chi connectivity index (χ4n) is 13.7. The molecule has 11 unspecified atom stereocenters. The Bertz CT molecular complexity index is 1090. The van der Waals surface area contributed by atoms with Crippen molar-refractivity contribution in [2.75, 3.05) is 13.7 Å². The first-order chi connectivity index (χ1) is 25.0. The first-order valence-corrected chi connectivity index (χ1v) is 22.8. The largest absolute Gasteiger partial charge is 0.400 e. The van der Waals surface area contributed by atoms with Gasteiger partial charge in [0.1, 0.15) is 0 Å². The quantitative estimate of drug-likeness (QED) is 0.130. The predicted molar refractivity (Wildman–Crippen MR) is 237 cm³/mol. The number of fused-ring (bicyclic) bond motifs is 5. The summed E-state index contributed by atoms with van der Waals surface area (Å²) in [7, 11) is 1.00. The molecule has 0 heterocycles.